The third-order valence-corrected chi connectivity index (χ3v) is 2.67. The number of halogens is 3. The van der Waals surface area contributed by atoms with Crippen molar-refractivity contribution in [1.82, 2.24) is 5.32 Å². The molecular weight excluding hydrogens is 271 g/mol. The van der Waals surface area contributed by atoms with Crippen molar-refractivity contribution in [1.29, 1.82) is 10.8 Å². The number of carbonyl (C=O) groups excluding carboxylic acids is 1. The van der Waals surface area contributed by atoms with Crippen LogP contribution in [0.4, 0.5) is 13.2 Å². The zero-order valence-corrected chi connectivity index (χ0v) is 10.8. The molecule has 0 aliphatic heterocycles. The van der Waals surface area contributed by atoms with Crippen molar-refractivity contribution in [3.05, 3.63) is 35.4 Å². The molecule has 0 radical (unpaired) electrons. The molecule has 0 saturated carbocycles. The van der Waals surface area contributed by atoms with Gasteiger partial charge in [-0.3, -0.25) is 10.2 Å². The molecule has 7 heteroatoms. The number of hydrogen-bond acceptors (Lipinski definition) is 3. The van der Waals surface area contributed by atoms with Crippen molar-refractivity contribution in [3.8, 4) is 0 Å². The first-order valence-corrected chi connectivity index (χ1v) is 5.76. The van der Waals surface area contributed by atoms with E-state index < -0.39 is 29.9 Å². The van der Waals surface area contributed by atoms with E-state index >= 15 is 0 Å². The number of amides is 1. The molecular formula is C13H14F3N3O. The molecule has 1 amide bonds. The molecule has 0 unspecified atom stereocenters. The average Bonchev–Trinajstić information content (AvgIpc) is 2.36. The second-order valence-corrected chi connectivity index (χ2v) is 4.24. The lowest BCUT2D eigenvalue weighted by Gasteiger charge is -2.10. The molecule has 0 aliphatic carbocycles. The van der Waals surface area contributed by atoms with Crippen LogP contribution in [0.3, 0.4) is 0 Å². The van der Waals surface area contributed by atoms with Crippen molar-refractivity contribution in [3.63, 3.8) is 0 Å². The molecule has 0 heterocycles. The molecule has 0 bridgehead atoms. The number of nitrogens with one attached hydrogen (secondary N) is 3. The minimum Gasteiger partial charge on any atom is -0.347 e. The molecule has 108 valence electrons. The van der Waals surface area contributed by atoms with Crippen molar-refractivity contribution in [2.45, 2.75) is 26.1 Å². The second kappa shape index (κ2) is 6.31. The molecule has 3 N–H and O–H groups in total. The summed E-state index contributed by atoms with van der Waals surface area (Å²) in [5, 5.41) is 16.4. The van der Waals surface area contributed by atoms with E-state index in [2.05, 4.69) is 5.32 Å². The van der Waals surface area contributed by atoms with E-state index in [1.54, 1.807) is 12.1 Å². The maximum absolute atomic E-state index is 12.1. The van der Waals surface area contributed by atoms with Crippen LogP contribution >= 0.6 is 0 Å². The molecule has 0 saturated heterocycles. The first kappa shape index (κ1) is 15.9. The Balaban J connectivity index is 2.53. The minimum atomic E-state index is -4.80. The average molecular weight is 285 g/mol. The Kier molecular flexibility index (Phi) is 5.01. The highest BCUT2D eigenvalue weighted by molar-refractivity contribution is 6.41. The molecule has 0 fully saturated rings. The Morgan fingerprint density at radius 3 is 2.40 bits per heavy atom. The largest absolute Gasteiger partial charge is 0.429 e. The van der Waals surface area contributed by atoms with Crippen molar-refractivity contribution in [2.75, 3.05) is 0 Å². The molecule has 0 aromatic heterocycles. The fraction of sp³-hybridized carbons (Fsp3) is 0.308. The van der Waals surface area contributed by atoms with E-state index in [4.69, 9.17) is 10.8 Å². The summed E-state index contributed by atoms with van der Waals surface area (Å²) in [6, 6.07) is 7.22. The predicted octanol–water partition coefficient (Wildman–Crippen LogP) is 2.60. The zero-order valence-electron chi connectivity index (χ0n) is 10.8. The van der Waals surface area contributed by atoms with Gasteiger partial charge in [0.05, 0.1) is 0 Å². The molecule has 0 atom stereocenters. The third kappa shape index (κ3) is 4.49. The Labute approximate surface area is 114 Å². The molecule has 0 spiro atoms. The van der Waals surface area contributed by atoms with Crippen LogP contribution in [0.2, 0.25) is 0 Å². The summed E-state index contributed by atoms with van der Waals surface area (Å²) in [7, 11) is 0. The summed E-state index contributed by atoms with van der Waals surface area (Å²) in [5.41, 5.74) is -0.628. The van der Waals surface area contributed by atoms with Crippen molar-refractivity contribution >= 4 is 17.3 Å². The van der Waals surface area contributed by atoms with Crippen LogP contribution in [0.5, 0.6) is 0 Å². The molecule has 0 aliphatic rings. The standard InChI is InChI=1S/C13H14F3N3O/c1-8-4-2-3-5-9(8)7-19-12(20)10(17)6-11(18)13(14,15)16/h2-5,17-18H,6-7H2,1H3,(H,19,20). The quantitative estimate of drug-likeness (QED) is 0.714. The SMILES string of the molecule is Cc1ccccc1CNC(=O)C(=N)CC(=N)C(F)(F)F. The third-order valence-electron chi connectivity index (χ3n) is 2.67. The number of benzene rings is 1. The van der Waals surface area contributed by atoms with Gasteiger partial charge < -0.3 is 10.7 Å². The van der Waals surface area contributed by atoms with Gasteiger partial charge in [0.25, 0.3) is 5.91 Å². The van der Waals surface area contributed by atoms with Gasteiger partial charge in [-0.15, -0.1) is 0 Å². The fourth-order valence-corrected chi connectivity index (χ4v) is 1.45. The van der Waals surface area contributed by atoms with Gasteiger partial charge in [-0.05, 0) is 18.1 Å². The lowest BCUT2D eigenvalue weighted by Crippen LogP contribution is -2.34. The summed E-state index contributed by atoms with van der Waals surface area (Å²) in [4.78, 5) is 11.5. The van der Waals surface area contributed by atoms with Crippen LogP contribution in [0.15, 0.2) is 24.3 Å². The first-order valence-electron chi connectivity index (χ1n) is 5.76. The second-order valence-electron chi connectivity index (χ2n) is 4.24. The van der Waals surface area contributed by atoms with E-state index in [-0.39, 0.29) is 6.54 Å². The van der Waals surface area contributed by atoms with E-state index in [0.29, 0.717) is 0 Å². The Hall–Kier alpha value is -2.18. The van der Waals surface area contributed by atoms with Gasteiger partial charge in [0.15, 0.2) is 0 Å². The highest BCUT2D eigenvalue weighted by atomic mass is 19.4. The van der Waals surface area contributed by atoms with Gasteiger partial charge in [0.2, 0.25) is 0 Å². The number of rotatable bonds is 5. The monoisotopic (exact) mass is 285 g/mol. The molecule has 1 aromatic rings. The number of hydrogen-bond donors (Lipinski definition) is 3. The maximum atomic E-state index is 12.1. The van der Waals surface area contributed by atoms with Crippen LogP contribution in [-0.4, -0.2) is 23.5 Å². The first-order chi connectivity index (χ1) is 9.21. The van der Waals surface area contributed by atoms with Crippen LogP contribution in [0.1, 0.15) is 17.5 Å². The zero-order chi connectivity index (χ0) is 15.3. The smallest absolute Gasteiger partial charge is 0.347 e. The lowest BCUT2D eigenvalue weighted by atomic mass is 10.1. The van der Waals surface area contributed by atoms with Gasteiger partial charge in [-0.1, -0.05) is 24.3 Å². The number of aryl methyl sites for hydroxylation is 1. The Morgan fingerprint density at radius 2 is 1.85 bits per heavy atom. The Bertz CT molecular complexity index is 538. The van der Waals surface area contributed by atoms with Gasteiger partial charge in [0, 0.05) is 13.0 Å². The predicted molar refractivity (Wildman–Crippen MR) is 69.2 cm³/mol. The summed E-state index contributed by atoms with van der Waals surface area (Å²) >= 11 is 0. The molecule has 1 aromatic carbocycles. The van der Waals surface area contributed by atoms with E-state index in [1.807, 2.05) is 19.1 Å². The number of carbonyl (C=O) groups is 1. The van der Waals surface area contributed by atoms with E-state index in [9.17, 15) is 18.0 Å². The summed E-state index contributed by atoms with van der Waals surface area (Å²) < 4.78 is 36.4. The summed E-state index contributed by atoms with van der Waals surface area (Å²) in [6.45, 7) is 1.97. The van der Waals surface area contributed by atoms with Crippen LogP contribution < -0.4 is 5.32 Å². The van der Waals surface area contributed by atoms with Gasteiger partial charge in [0.1, 0.15) is 11.4 Å². The van der Waals surface area contributed by atoms with Gasteiger partial charge in [-0.2, -0.15) is 13.2 Å². The van der Waals surface area contributed by atoms with Gasteiger partial charge >= 0.3 is 6.18 Å². The van der Waals surface area contributed by atoms with Crippen LogP contribution in [-0.2, 0) is 11.3 Å². The normalized spacial score (nSPS) is 11.0. The molecule has 20 heavy (non-hydrogen) atoms. The van der Waals surface area contributed by atoms with Crippen molar-refractivity contribution < 1.29 is 18.0 Å². The highest BCUT2D eigenvalue weighted by Crippen LogP contribution is 2.18. The lowest BCUT2D eigenvalue weighted by molar-refractivity contribution is -0.115. The molecule has 1 rings (SSSR count). The van der Waals surface area contributed by atoms with E-state index in [1.165, 1.54) is 0 Å². The highest BCUT2D eigenvalue weighted by Gasteiger charge is 2.35. The van der Waals surface area contributed by atoms with Crippen LogP contribution in [0, 0.1) is 17.7 Å². The van der Waals surface area contributed by atoms with Gasteiger partial charge in [-0.25, -0.2) is 0 Å². The minimum absolute atomic E-state index is 0.132. The number of alkyl halides is 3. The topological polar surface area (TPSA) is 76.8 Å². The summed E-state index contributed by atoms with van der Waals surface area (Å²) in [6.07, 6.45) is -5.83. The van der Waals surface area contributed by atoms with Crippen molar-refractivity contribution in [2.24, 2.45) is 0 Å². The molecule has 4 nitrogen and oxygen atoms in total. The van der Waals surface area contributed by atoms with E-state index in [0.717, 1.165) is 11.1 Å². The Morgan fingerprint density at radius 1 is 1.25 bits per heavy atom. The van der Waals surface area contributed by atoms with Crippen LogP contribution in [0.25, 0.3) is 0 Å². The summed E-state index contributed by atoms with van der Waals surface area (Å²) in [5.74, 6) is -0.901. The maximum Gasteiger partial charge on any atom is 0.429 e. The fourth-order valence-electron chi connectivity index (χ4n) is 1.45.